The molecule has 6 heteroatoms. The molecule has 2 radical (unpaired) electrons. The van der Waals surface area contributed by atoms with Crippen molar-refractivity contribution in [1.29, 1.82) is 0 Å². The number of aromatic nitrogens is 1. The number of nitrogens with zero attached hydrogens (tertiary/aromatic N) is 2. The third kappa shape index (κ3) is 2.34. The van der Waals surface area contributed by atoms with Gasteiger partial charge in [0.25, 0.3) is 0 Å². The fourth-order valence-corrected chi connectivity index (χ4v) is 0.932. The first-order valence-electron chi connectivity index (χ1n) is 3.71. The molecule has 2 nitrogen and oxygen atoms in total. The molecule has 1 heterocycles. The predicted octanol–water partition coefficient (Wildman–Crippen LogP) is 0.857. The molecule has 0 atom stereocenters. The van der Waals surface area contributed by atoms with Crippen molar-refractivity contribution in [2.75, 3.05) is 7.05 Å². The Morgan fingerprint density at radius 3 is 2.43 bits per heavy atom. The van der Waals surface area contributed by atoms with E-state index in [1.165, 1.54) is 12.1 Å². The molecule has 0 saturated heterocycles. The smallest absolute Gasteiger partial charge is 0.282 e. The normalized spacial score (nSPS) is 13.0. The Kier molecular flexibility index (Phi) is 2.93. The minimum atomic E-state index is -4.49. The van der Waals surface area contributed by atoms with E-state index in [4.69, 9.17) is 7.85 Å². The molecule has 0 N–H and O–H groups in total. The summed E-state index contributed by atoms with van der Waals surface area (Å²) in [5, 5.41) is 0. The Balaban J connectivity index is 3.10. The standard InChI is InChI=1S/C8H6BF3N2/c1-13-7(8(10,11)12)6-3-2-5(9)4-14-6/h2-4H,1H3. The van der Waals surface area contributed by atoms with Crippen LogP contribution >= 0.6 is 0 Å². The average Bonchev–Trinajstić information content (AvgIpc) is 2.07. The molecule has 0 spiro atoms. The number of hydrogen-bond acceptors (Lipinski definition) is 2. The van der Waals surface area contributed by atoms with Crippen molar-refractivity contribution in [3.05, 3.63) is 24.0 Å². The zero-order valence-electron chi connectivity index (χ0n) is 7.34. The summed E-state index contributed by atoms with van der Waals surface area (Å²) >= 11 is 0. The fourth-order valence-electron chi connectivity index (χ4n) is 0.932. The van der Waals surface area contributed by atoms with Gasteiger partial charge in [-0.25, -0.2) is 0 Å². The molecule has 0 unspecified atom stereocenters. The van der Waals surface area contributed by atoms with Gasteiger partial charge in [-0.3, -0.25) is 9.98 Å². The van der Waals surface area contributed by atoms with Crippen LogP contribution in [0, 0.1) is 0 Å². The zero-order chi connectivity index (χ0) is 10.8. The number of aliphatic imine (C=N–C) groups is 1. The number of alkyl halides is 3. The van der Waals surface area contributed by atoms with Crippen molar-refractivity contribution in [3.8, 4) is 0 Å². The molecule has 0 aliphatic heterocycles. The second-order valence-electron chi connectivity index (χ2n) is 2.55. The summed E-state index contributed by atoms with van der Waals surface area (Å²) in [6.45, 7) is 0. The topological polar surface area (TPSA) is 25.2 Å². The zero-order valence-corrected chi connectivity index (χ0v) is 7.34. The highest BCUT2D eigenvalue weighted by atomic mass is 19.4. The largest absolute Gasteiger partial charge is 0.435 e. The fraction of sp³-hybridized carbons (Fsp3) is 0.250. The highest BCUT2D eigenvalue weighted by Crippen LogP contribution is 2.20. The van der Waals surface area contributed by atoms with E-state index in [0.29, 0.717) is 5.46 Å². The van der Waals surface area contributed by atoms with E-state index in [0.717, 1.165) is 13.2 Å². The molecule has 0 amide bonds. The van der Waals surface area contributed by atoms with Crippen molar-refractivity contribution in [2.45, 2.75) is 6.18 Å². The summed E-state index contributed by atoms with van der Waals surface area (Å²) in [4.78, 5) is 6.69. The van der Waals surface area contributed by atoms with Crippen LogP contribution in [0.3, 0.4) is 0 Å². The summed E-state index contributed by atoms with van der Waals surface area (Å²) < 4.78 is 36.9. The second kappa shape index (κ2) is 3.81. The van der Waals surface area contributed by atoms with E-state index >= 15 is 0 Å². The van der Waals surface area contributed by atoms with Crippen LogP contribution in [0.15, 0.2) is 23.3 Å². The third-order valence-electron chi connectivity index (χ3n) is 1.52. The monoisotopic (exact) mass is 198 g/mol. The van der Waals surface area contributed by atoms with Crippen LogP contribution in [-0.4, -0.2) is 31.8 Å². The summed E-state index contributed by atoms with van der Waals surface area (Å²) in [6, 6.07) is 2.53. The lowest BCUT2D eigenvalue weighted by atomic mass is 9.98. The van der Waals surface area contributed by atoms with Crippen molar-refractivity contribution in [1.82, 2.24) is 4.98 Å². The van der Waals surface area contributed by atoms with Crippen LogP contribution in [0.25, 0.3) is 0 Å². The lowest BCUT2D eigenvalue weighted by Crippen LogP contribution is -2.25. The molecule has 0 saturated carbocycles. The lowest BCUT2D eigenvalue weighted by Gasteiger charge is -2.08. The van der Waals surface area contributed by atoms with E-state index in [2.05, 4.69) is 9.98 Å². The average molecular weight is 198 g/mol. The van der Waals surface area contributed by atoms with Gasteiger partial charge in [-0.05, 0) is 6.07 Å². The van der Waals surface area contributed by atoms with Crippen molar-refractivity contribution < 1.29 is 13.2 Å². The first kappa shape index (κ1) is 10.8. The van der Waals surface area contributed by atoms with Gasteiger partial charge in [0.2, 0.25) is 0 Å². The van der Waals surface area contributed by atoms with Crippen molar-refractivity contribution in [3.63, 3.8) is 0 Å². The van der Waals surface area contributed by atoms with Crippen LogP contribution in [0.4, 0.5) is 13.2 Å². The number of rotatable bonds is 1. The number of halogens is 3. The maximum atomic E-state index is 12.3. The first-order valence-corrected chi connectivity index (χ1v) is 3.71. The predicted molar refractivity (Wildman–Crippen MR) is 48.1 cm³/mol. The maximum Gasteiger partial charge on any atom is 0.435 e. The van der Waals surface area contributed by atoms with Gasteiger partial charge in [-0.15, -0.1) is 0 Å². The SMILES string of the molecule is [B]c1ccc(C(=NC)C(F)(F)F)nc1. The van der Waals surface area contributed by atoms with Crippen LogP contribution in [0.1, 0.15) is 5.69 Å². The molecule has 1 aromatic rings. The minimum absolute atomic E-state index is 0.228. The van der Waals surface area contributed by atoms with Gasteiger partial charge >= 0.3 is 6.18 Å². The van der Waals surface area contributed by atoms with Gasteiger partial charge in [-0.2, -0.15) is 13.2 Å². The van der Waals surface area contributed by atoms with Crippen LogP contribution in [0.2, 0.25) is 0 Å². The highest BCUT2D eigenvalue weighted by molar-refractivity contribution is 6.32. The van der Waals surface area contributed by atoms with Crippen molar-refractivity contribution >= 4 is 19.0 Å². The maximum absolute atomic E-state index is 12.3. The Morgan fingerprint density at radius 1 is 1.43 bits per heavy atom. The molecule has 1 aromatic heterocycles. The summed E-state index contributed by atoms with van der Waals surface area (Å²) in [5.41, 5.74) is -0.918. The number of pyridine rings is 1. The Hall–Kier alpha value is -1.33. The molecule has 0 fully saturated rings. The summed E-state index contributed by atoms with van der Waals surface area (Å²) in [7, 11) is 6.36. The van der Waals surface area contributed by atoms with Gasteiger partial charge in [0, 0.05) is 13.2 Å². The molecule has 0 bridgehead atoms. The van der Waals surface area contributed by atoms with Crippen molar-refractivity contribution in [2.24, 2.45) is 4.99 Å². The summed E-state index contributed by atoms with van der Waals surface area (Å²) in [6.07, 6.45) is -3.33. The van der Waals surface area contributed by atoms with Crippen LogP contribution in [-0.2, 0) is 0 Å². The molecule has 14 heavy (non-hydrogen) atoms. The van der Waals surface area contributed by atoms with Crippen LogP contribution in [0.5, 0.6) is 0 Å². The molecule has 1 rings (SSSR count). The van der Waals surface area contributed by atoms with E-state index in [9.17, 15) is 13.2 Å². The molecule has 0 aliphatic rings. The molecule has 0 aromatic carbocycles. The van der Waals surface area contributed by atoms with Gasteiger partial charge in [0.15, 0.2) is 5.71 Å². The van der Waals surface area contributed by atoms with E-state index in [1.807, 2.05) is 0 Å². The van der Waals surface area contributed by atoms with E-state index in [-0.39, 0.29) is 5.69 Å². The molecule has 72 valence electrons. The van der Waals surface area contributed by atoms with Crippen LogP contribution < -0.4 is 5.46 Å². The number of hydrogen-bond donors (Lipinski definition) is 0. The second-order valence-corrected chi connectivity index (χ2v) is 2.55. The van der Waals surface area contributed by atoms with Gasteiger partial charge in [-0.1, -0.05) is 11.5 Å². The Morgan fingerprint density at radius 2 is 2.07 bits per heavy atom. The quantitative estimate of drug-likeness (QED) is 0.485. The van der Waals surface area contributed by atoms with Gasteiger partial charge in [0.1, 0.15) is 7.85 Å². The third-order valence-corrected chi connectivity index (χ3v) is 1.52. The molecular formula is C8H6BF3N2. The summed E-state index contributed by atoms with van der Waals surface area (Å²) in [5.74, 6) is 0. The molecule has 0 aliphatic carbocycles. The van der Waals surface area contributed by atoms with E-state index < -0.39 is 11.9 Å². The highest BCUT2D eigenvalue weighted by Gasteiger charge is 2.36. The Labute approximate surface area is 80.3 Å². The minimum Gasteiger partial charge on any atom is -0.282 e. The van der Waals surface area contributed by atoms with Gasteiger partial charge in [0.05, 0.1) is 5.69 Å². The molecular weight excluding hydrogens is 192 g/mol. The first-order chi connectivity index (χ1) is 6.45. The van der Waals surface area contributed by atoms with E-state index in [1.54, 1.807) is 0 Å². The lowest BCUT2D eigenvalue weighted by molar-refractivity contribution is -0.0582. The van der Waals surface area contributed by atoms with Gasteiger partial charge < -0.3 is 0 Å². The Bertz CT molecular complexity index is 343.